The van der Waals surface area contributed by atoms with E-state index in [0.29, 0.717) is 13.0 Å². The molecule has 0 aromatic carbocycles. The summed E-state index contributed by atoms with van der Waals surface area (Å²) in [5, 5.41) is 30.6. The first-order valence-electron chi connectivity index (χ1n) is 21.5. The Labute approximate surface area is 344 Å². The number of carbonyl (C=O) groups is 1. The number of unbranched alkanes of at least 4 members (excludes halogenated alkanes) is 13. The molecule has 1 aliphatic rings. The van der Waals surface area contributed by atoms with Crippen LogP contribution in [0, 0.1) is 0 Å². The number of hydrogen-bond donors (Lipinski definition) is 4. The number of rotatable bonds is 36. The predicted molar refractivity (Wildman–Crippen MR) is 225 cm³/mol. The Morgan fingerprint density at radius 1 is 0.684 bits per heavy atom. The van der Waals surface area contributed by atoms with Gasteiger partial charge in [0.05, 0.1) is 19.8 Å². The number of esters is 1. The van der Waals surface area contributed by atoms with Crippen molar-refractivity contribution in [3.05, 3.63) is 60.8 Å². The second-order valence-electron chi connectivity index (χ2n) is 14.5. The van der Waals surface area contributed by atoms with E-state index in [2.05, 4.69) is 78.8 Å². The molecule has 1 heterocycles. The maximum atomic E-state index is 12.8. The van der Waals surface area contributed by atoms with E-state index >= 15 is 0 Å². The van der Waals surface area contributed by atoms with Crippen molar-refractivity contribution < 1.29 is 56.2 Å². The Hall–Kier alpha value is -2.20. The van der Waals surface area contributed by atoms with Gasteiger partial charge in [0.25, 0.3) is 0 Å². The number of carbonyl (C=O) groups excluding carboxylic acids is 1. The lowest BCUT2D eigenvalue weighted by molar-refractivity contribution is -0.301. The Bertz CT molecular complexity index is 1230. The van der Waals surface area contributed by atoms with E-state index in [1.54, 1.807) is 0 Å². The third kappa shape index (κ3) is 29.6. The number of aliphatic hydroxyl groups is 3. The number of ether oxygens (including phenoxy) is 4. The smallest absolute Gasteiger partial charge is 0.397 e. The molecule has 0 amide bonds. The molecule has 0 spiro atoms. The topological polar surface area (TPSA) is 178 Å². The first kappa shape index (κ1) is 52.8. The monoisotopic (exact) mass is 829 g/mol. The molecule has 4 N–H and O–H groups in total. The fourth-order valence-corrected chi connectivity index (χ4v) is 6.64. The van der Waals surface area contributed by atoms with Crippen LogP contribution in [0.5, 0.6) is 0 Å². The fourth-order valence-electron chi connectivity index (χ4n) is 6.13. The van der Waals surface area contributed by atoms with Crippen molar-refractivity contribution in [1.82, 2.24) is 0 Å². The molecule has 12 nitrogen and oxygen atoms in total. The van der Waals surface area contributed by atoms with Crippen molar-refractivity contribution in [2.24, 2.45) is 0 Å². The molecule has 0 aromatic heterocycles. The average molecular weight is 829 g/mol. The van der Waals surface area contributed by atoms with Crippen LogP contribution >= 0.6 is 0 Å². The SMILES string of the molecule is CC/C=C\C/C=C\C/C=C\C/C=C\CCCCC(=O)OC(COCCCCCCCC/C=C\CCCCCCC)COC1OC(CO)C(O)C(OS(=O)(=O)O)C1O. The zero-order valence-corrected chi connectivity index (χ0v) is 35.7. The first-order valence-corrected chi connectivity index (χ1v) is 22.9. The summed E-state index contributed by atoms with van der Waals surface area (Å²) in [7, 11) is -5.07. The molecular weight excluding hydrogens is 753 g/mol. The summed E-state index contributed by atoms with van der Waals surface area (Å²) >= 11 is 0. The molecule has 0 radical (unpaired) electrons. The van der Waals surface area contributed by atoms with E-state index in [9.17, 15) is 28.5 Å². The quantitative estimate of drug-likeness (QED) is 0.0205. The van der Waals surface area contributed by atoms with Crippen molar-refractivity contribution in [3.8, 4) is 0 Å². The Morgan fingerprint density at radius 2 is 1.21 bits per heavy atom. The molecule has 0 aromatic rings. The van der Waals surface area contributed by atoms with Gasteiger partial charge in [0.2, 0.25) is 0 Å². The van der Waals surface area contributed by atoms with Crippen LogP contribution in [0.25, 0.3) is 0 Å². The van der Waals surface area contributed by atoms with Crippen molar-refractivity contribution >= 4 is 16.4 Å². The van der Waals surface area contributed by atoms with E-state index < -0.39 is 59.8 Å². The van der Waals surface area contributed by atoms with Crippen LogP contribution in [0.1, 0.15) is 149 Å². The molecule has 1 saturated heterocycles. The fraction of sp³-hybridized carbons (Fsp3) is 0.750. The van der Waals surface area contributed by atoms with Gasteiger partial charge in [-0.05, 0) is 77.0 Å². The second-order valence-corrected chi connectivity index (χ2v) is 15.6. The van der Waals surface area contributed by atoms with Gasteiger partial charge in [-0.2, -0.15) is 8.42 Å². The van der Waals surface area contributed by atoms with Crippen LogP contribution in [0.15, 0.2) is 60.8 Å². The first-order chi connectivity index (χ1) is 27.6. The number of allylic oxidation sites excluding steroid dienone is 10. The minimum Gasteiger partial charge on any atom is -0.457 e. The predicted octanol–water partition coefficient (Wildman–Crippen LogP) is 8.57. The zero-order chi connectivity index (χ0) is 41.8. The van der Waals surface area contributed by atoms with Gasteiger partial charge in [-0.25, -0.2) is 4.18 Å². The standard InChI is InChI=1S/C44H76O12S/c1-3-5-7-9-11-13-15-17-19-21-23-25-27-29-31-33-40(46)54-38(37-53-44-42(48)43(56-57(49,50)51)41(47)39(35-45)55-44)36-52-34-32-30-28-26-24-22-20-18-16-14-12-10-8-6-4-2/h5,7,11,13,16-19,23,25,38-39,41-45,47-48H,3-4,6,8-10,12,14-15,20-22,24,26-37H2,1-2H3,(H,49,50,51)/b7-5-,13-11-,18-16-,19-17-,25-23-. The Morgan fingerprint density at radius 3 is 1.79 bits per heavy atom. The molecular formula is C44H76O12S. The second kappa shape index (κ2) is 35.7. The van der Waals surface area contributed by atoms with Crippen molar-refractivity contribution in [1.29, 1.82) is 0 Å². The van der Waals surface area contributed by atoms with Gasteiger partial charge in [-0.15, -0.1) is 0 Å². The summed E-state index contributed by atoms with van der Waals surface area (Å²) in [6.07, 6.45) is 34.0. The molecule has 0 saturated carbocycles. The summed E-state index contributed by atoms with van der Waals surface area (Å²) in [5.74, 6) is -0.444. The van der Waals surface area contributed by atoms with Crippen molar-refractivity contribution in [2.75, 3.05) is 26.4 Å². The van der Waals surface area contributed by atoms with Gasteiger partial charge in [0, 0.05) is 13.0 Å². The van der Waals surface area contributed by atoms with Crippen molar-refractivity contribution in [2.45, 2.75) is 185 Å². The van der Waals surface area contributed by atoms with Gasteiger partial charge in [-0.1, -0.05) is 126 Å². The molecule has 330 valence electrons. The summed E-state index contributed by atoms with van der Waals surface area (Å²) in [5.41, 5.74) is 0. The largest absolute Gasteiger partial charge is 0.457 e. The zero-order valence-electron chi connectivity index (χ0n) is 34.9. The van der Waals surface area contributed by atoms with Gasteiger partial charge in [-0.3, -0.25) is 9.35 Å². The van der Waals surface area contributed by atoms with Crippen molar-refractivity contribution in [3.63, 3.8) is 0 Å². The molecule has 0 aliphatic carbocycles. The molecule has 1 fully saturated rings. The molecule has 6 atom stereocenters. The highest BCUT2D eigenvalue weighted by Crippen LogP contribution is 2.26. The third-order valence-corrected chi connectivity index (χ3v) is 9.84. The molecule has 1 aliphatic heterocycles. The third-order valence-electron chi connectivity index (χ3n) is 9.37. The summed E-state index contributed by atoms with van der Waals surface area (Å²) in [4.78, 5) is 12.8. The van der Waals surface area contributed by atoms with Gasteiger partial charge in [0.1, 0.15) is 30.5 Å². The number of hydrogen-bond acceptors (Lipinski definition) is 11. The van der Waals surface area contributed by atoms with Crippen LogP contribution in [0.2, 0.25) is 0 Å². The molecule has 6 unspecified atom stereocenters. The van der Waals surface area contributed by atoms with Gasteiger partial charge >= 0.3 is 16.4 Å². The Kier molecular flexibility index (Phi) is 33.1. The van der Waals surface area contributed by atoms with Gasteiger partial charge in [0.15, 0.2) is 6.29 Å². The molecule has 57 heavy (non-hydrogen) atoms. The van der Waals surface area contributed by atoms with E-state index in [1.165, 1.54) is 51.4 Å². The highest BCUT2D eigenvalue weighted by atomic mass is 32.3. The highest BCUT2D eigenvalue weighted by molar-refractivity contribution is 7.80. The lowest BCUT2D eigenvalue weighted by Crippen LogP contribution is -2.60. The molecule has 1 rings (SSSR count). The molecule has 0 bridgehead atoms. The summed E-state index contributed by atoms with van der Waals surface area (Å²) in [6, 6.07) is 0. The minimum atomic E-state index is -5.07. The number of aliphatic hydroxyl groups excluding tert-OH is 3. The van der Waals surface area contributed by atoms with Crippen LogP contribution in [-0.4, -0.2) is 97.5 Å². The lowest BCUT2D eigenvalue weighted by Gasteiger charge is -2.41. The van der Waals surface area contributed by atoms with E-state index in [0.717, 1.165) is 70.6 Å². The van der Waals surface area contributed by atoms with E-state index in [4.69, 9.17) is 23.5 Å². The van der Waals surface area contributed by atoms with E-state index in [-0.39, 0.29) is 19.6 Å². The van der Waals surface area contributed by atoms with Crippen LogP contribution in [0.3, 0.4) is 0 Å². The normalized spacial score (nSPS) is 21.3. The maximum Gasteiger partial charge on any atom is 0.397 e. The molecule has 13 heteroatoms. The van der Waals surface area contributed by atoms with Crippen LogP contribution in [0.4, 0.5) is 0 Å². The Balaban J connectivity index is 2.50. The summed E-state index contributed by atoms with van der Waals surface area (Å²) in [6.45, 7) is 3.78. The highest BCUT2D eigenvalue weighted by Gasteiger charge is 2.48. The minimum absolute atomic E-state index is 0.0123. The van der Waals surface area contributed by atoms with Crippen LogP contribution < -0.4 is 0 Å². The average Bonchev–Trinajstić information content (AvgIpc) is 3.18. The maximum absolute atomic E-state index is 12.8. The lowest BCUT2D eigenvalue weighted by atomic mass is 9.99. The van der Waals surface area contributed by atoms with Gasteiger partial charge < -0.3 is 34.3 Å². The summed E-state index contributed by atoms with van der Waals surface area (Å²) < 4.78 is 58.9. The van der Waals surface area contributed by atoms with E-state index in [1.807, 2.05) is 0 Å². The van der Waals surface area contributed by atoms with Crippen LogP contribution in [-0.2, 0) is 38.3 Å².